The fraction of sp³-hybridized carbons (Fsp3) is 0.0526. The van der Waals surface area contributed by atoms with Crippen LogP contribution in [0.3, 0.4) is 0 Å². The van der Waals surface area contributed by atoms with Gasteiger partial charge in [-0.15, -0.1) is 0 Å². The van der Waals surface area contributed by atoms with Crippen molar-refractivity contribution < 1.29 is 4.74 Å². The van der Waals surface area contributed by atoms with Gasteiger partial charge in [0.2, 0.25) is 0 Å². The van der Waals surface area contributed by atoms with Crippen molar-refractivity contribution in [3.63, 3.8) is 0 Å². The van der Waals surface area contributed by atoms with Crippen molar-refractivity contribution in [3.8, 4) is 16.9 Å². The first-order valence-corrected chi connectivity index (χ1v) is 6.79. The second-order valence-corrected chi connectivity index (χ2v) is 4.51. The maximum Gasteiger partial charge on any atom is 0.119 e. The van der Waals surface area contributed by atoms with Crippen LogP contribution in [-0.4, -0.2) is 7.11 Å². The highest BCUT2D eigenvalue weighted by Crippen LogP contribution is 2.17. The molecule has 0 aliphatic carbocycles. The van der Waals surface area contributed by atoms with Gasteiger partial charge in [0.25, 0.3) is 0 Å². The molecule has 2 nitrogen and oxygen atoms in total. The van der Waals surface area contributed by atoms with Crippen LogP contribution in [-0.2, 0) is 0 Å². The molecule has 0 bridgehead atoms. The van der Waals surface area contributed by atoms with Crippen molar-refractivity contribution in [1.82, 2.24) is 0 Å². The van der Waals surface area contributed by atoms with Gasteiger partial charge in [0.1, 0.15) is 5.75 Å². The standard InChI is InChI=1S/C12H10.C7H9NO/c1-3-7-11(8-4-1)12-9-5-2-6-10-12;1-9-7-4-2-6(8)3-5-7/h1-10H;2-5H,8H2,1H3. The van der Waals surface area contributed by atoms with Crippen molar-refractivity contribution in [2.75, 3.05) is 12.8 Å². The number of benzene rings is 3. The molecule has 0 amide bonds. The van der Waals surface area contributed by atoms with Crippen LogP contribution >= 0.6 is 0 Å². The van der Waals surface area contributed by atoms with Crippen molar-refractivity contribution >= 4 is 5.69 Å². The first-order valence-electron chi connectivity index (χ1n) is 6.79. The minimum Gasteiger partial charge on any atom is -0.497 e. The summed E-state index contributed by atoms with van der Waals surface area (Å²) in [6.07, 6.45) is 0. The van der Waals surface area contributed by atoms with Gasteiger partial charge in [-0.2, -0.15) is 0 Å². The lowest BCUT2D eigenvalue weighted by Gasteiger charge is -1.98. The summed E-state index contributed by atoms with van der Waals surface area (Å²) < 4.78 is 4.91. The van der Waals surface area contributed by atoms with Gasteiger partial charge in [-0.1, -0.05) is 60.7 Å². The summed E-state index contributed by atoms with van der Waals surface area (Å²) in [5.74, 6) is 0.837. The molecule has 0 saturated heterocycles. The van der Waals surface area contributed by atoms with E-state index in [0.717, 1.165) is 11.4 Å². The molecule has 0 radical (unpaired) electrons. The molecular formula is C19H19NO. The largest absolute Gasteiger partial charge is 0.497 e. The average Bonchev–Trinajstić information content (AvgIpc) is 2.58. The quantitative estimate of drug-likeness (QED) is 0.693. The molecular weight excluding hydrogens is 258 g/mol. The second kappa shape index (κ2) is 7.75. The van der Waals surface area contributed by atoms with E-state index in [1.54, 1.807) is 19.2 Å². The monoisotopic (exact) mass is 277 g/mol. The molecule has 0 heterocycles. The average molecular weight is 277 g/mol. The lowest BCUT2D eigenvalue weighted by molar-refractivity contribution is 0.415. The Kier molecular flexibility index (Phi) is 5.41. The Morgan fingerprint density at radius 3 is 1.43 bits per heavy atom. The molecule has 0 unspecified atom stereocenters. The third-order valence-electron chi connectivity index (χ3n) is 3.00. The lowest BCUT2D eigenvalue weighted by atomic mass is 10.1. The number of hydrogen-bond donors (Lipinski definition) is 1. The molecule has 0 aromatic heterocycles. The zero-order chi connectivity index (χ0) is 14.9. The Morgan fingerprint density at radius 1 is 0.619 bits per heavy atom. The van der Waals surface area contributed by atoms with Crippen LogP contribution in [0.5, 0.6) is 5.75 Å². The summed E-state index contributed by atoms with van der Waals surface area (Å²) in [5, 5.41) is 0. The van der Waals surface area contributed by atoms with Crippen molar-refractivity contribution in [1.29, 1.82) is 0 Å². The van der Waals surface area contributed by atoms with E-state index in [0.29, 0.717) is 0 Å². The van der Waals surface area contributed by atoms with E-state index in [1.165, 1.54) is 11.1 Å². The highest BCUT2D eigenvalue weighted by Gasteiger charge is 1.91. The van der Waals surface area contributed by atoms with Crippen LogP contribution in [0, 0.1) is 0 Å². The van der Waals surface area contributed by atoms with Crippen molar-refractivity contribution in [2.45, 2.75) is 0 Å². The van der Waals surface area contributed by atoms with Crippen LogP contribution in [0.1, 0.15) is 0 Å². The summed E-state index contributed by atoms with van der Waals surface area (Å²) in [7, 11) is 1.63. The Morgan fingerprint density at radius 2 is 1.05 bits per heavy atom. The minimum absolute atomic E-state index is 0.760. The van der Waals surface area contributed by atoms with Gasteiger partial charge in [-0.25, -0.2) is 0 Å². The van der Waals surface area contributed by atoms with E-state index < -0.39 is 0 Å². The Balaban J connectivity index is 0.000000161. The van der Waals surface area contributed by atoms with Gasteiger partial charge in [-0.05, 0) is 35.4 Å². The van der Waals surface area contributed by atoms with Crippen molar-refractivity contribution in [3.05, 3.63) is 84.9 Å². The van der Waals surface area contributed by atoms with Gasteiger partial charge in [0.15, 0.2) is 0 Å². The van der Waals surface area contributed by atoms with Gasteiger partial charge in [-0.3, -0.25) is 0 Å². The molecule has 3 rings (SSSR count). The number of rotatable bonds is 2. The molecule has 0 atom stereocenters. The normalized spacial score (nSPS) is 9.38. The van der Waals surface area contributed by atoms with Crippen LogP contribution in [0.2, 0.25) is 0 Å². The molecule has 3 aromatic carbocycles. The SMILES string of the molecule is COc1ccc(N)cc1.c1ccc(-c2ccccc2)cc1. The van der Waals surface area contributed by atoms with E-state index in [1.807, 2.05) is 24.3 Å². The van der Waals surface area contributed by atoms with Crippen LogP contribution in [0.25, 0.3) is 11.1 Å². The number of nitrogen functional groups attached to an aromatic ring is 1. The Labute approximate surface area is 125 Å². The molecule has 2 N–H and O–H groups in total. The number of anilines is 1. The molecule has 0 saturated carbocycles. The minimum atomic E-state index is 0.760. The van der Waals surface area contributed by atoms with Crippen LogP contribution in [0.15, 0.2) is 84.9 Å². The number of methoxy groups -OCH3 is 1. The van der Waals surface area contributed by atoms with Gasteiger partial charge < -0.3 is 10.5 Å². The van der Waals surface area contributed by atoms with Gasteiger partial charge in [0.05, 0.1) is 7.11 Å². The summed E-state index contributed by atoms with van der Waals surface area (Å²) in [6, 6.07) is 28.0. The Hall–Kier alpha value is -2.74. The van der Waals surface area contributed by atoms with E-state index >= 15 is 0 Å². The van der Waals surface area contributed by atoms with E-state index in [4.69, 9.17) is 10.5 Å². The predicted molar refractivity (Wildman–Crippen MR) is 89.3 cm³/mol. The smallest absolute Gasteiger partial charge is 0.119 e. The summed E-state index contributed by atoms with van der Waals surface area (Å²) >= 11 is 0. The first-order chi connectivity index (χ1) is 10.3. The zero-order valence-corrected chi connectivity index (χ0v) is 12.1. The topological polar surface area (TPSA) is 35.2 Å². The Bertz CT molecular complexity index is 596. The van der Waals surface area contributed by atoms with Crippen LogP contribution in [0.4, 0.5) is 5.69 Å². The molecule has 0 spiro atoms. The third kappa shape index (κ3) is 4.69. The predicted octanol–water partition coefficient (Wildman–Crippen LogP) is 4.63. The van der Waals surface area contributed by atoms with Gasteiger partial charge in [0, 0.05) is 5.69 Å². The summed E-state index contributed by atoms with van der Waals surface area (Å²) in [5.41, 5.74) is 8.74. The molecule has 0 aliphatic rings. The third-order valence-corrected chi connectivity index (χ3v) is 3.00. The number of ether oxygens (including phenoxy) is 1. The van der Waals surface area contributed by atoms with E-state index in [9.17, 15) is 0 Å². The fourth-order valence-corrected chi connectivity index (χ4v) is 1.87. The molecule has 2 heteroatoms. The summed E-state index contributed by atoms with van der Waals surface area (Å²) in [6.45, 7) is 0. The van der Waals surface area contributed by atoms with E-state index in [-0.39, 0.29) is 0 Å². The molecule has 3 aromatic rings. The van der Waals surface area contributed by atoms with Crippen LogP contribution < -0.4 is 10.5 Å². The first kappa shape index (κ1) is 14.7. The number of hydrogen-bond acceptors (Lipinski definition) is 2. The van der Waals surface area contributed by atoms with Crippen molar-refractivity contribution in [2.24, 2.45) is 0 Å². The molecule has 0 aliphatic heterocycles. The molecule has 106 valence electrons. The molecule has 21 heavy (non-hydrogen) atoms. The highest BCUT2D eigenvalue weighted by molar-refractivity contribution is 5.62. The fourth-order valence-electron chi connectivity index (χ4n) is 1.87. The summed E-state index contributed by atoms with van der Waals surface area (Å²) in [4.78, 5) is 0. The maximum absolute atomic E-state index is 5.43. The maximum atomic E-state index is 5.43. The lowest BCUT2D eigenvalue weighted by Crippen LogP contribution is -1.84. The zero-order valence-electron chi connectivity index (χ0n) is 12.1. The number of nitrogens with two attached hydrogens (primary N) is 1. The van der Waals surface area contributed by atoms with Gasteiger partial charge >= 0.3 is 0 Å². The second-order valence-electron chi connectivity index (χ2n) is 4.51. The van der Waals surface area contributed by atoms with E-state index in [2.05, 4.69) is 48.5 Å². The highest BCUT2D eigenvalue weighted by atomic mass is 16.5. The molecule has 0 fully saturated rings.